The van der Waals surface area contributed by atoms with E-state index in [-0.39, 0.29) is 0 Å². The van der Waals surface area contributed by atoms with Crippen LogP contribution >= 0.6 is 0 Å². The molecule has 6 heteroatoms. The van der Waals surface area contributed by atoms with Gasteiger partial charge in [0.25, 0.3) is 0 Å². The summed E-state index contributed by atoms with van der Waals surface area (Å²) in [6, 6.07) is 5.80. The number of aliphatic hydroxyl groups excluding tert-OH is 1. The number of hydrogen-bond acceptors (Lipinski definition) is 3. The molecule has 0 aliphatic heterocycles. The molecular weight excluding hydrogens is 248 g/mol. The zero-order valence-corrected chi connectivity index (χ0v) is 11.0. The van der Waals surface area contributed by atoms with E-state index in [0.29, 0.717) is 6.54 Å². The Bertz CT molecular complexity index is 462. The third-order valence-corrected chi connectivity index (χ3v) is 2.79. The van der Waals surface area contributed by atoms with Crippen molar-refractivity contribution >= 4 is 12.0 Å². The lowest BCUT2D eigenvalue weighted by molar-refractivity contribution is -0.140. The third-order valence-electron chi connectivity index (χ3n) is 2.79. The second-order valence-electron chi connectivity index (χ2n) is 4.31. The SMILES string of the molecule is Cc1ccccc1CN(C)C(=O)N[C@H](CO)C(=O)O. The topological polar surface area (TPSA) is 89.9 Å². The summed E-state index contributed by atoms with van der Waals surface area (Å²) in [5.41, 5.74) is 2.04. The lowest BCUT2D eigenvalue weighted by Gasteiger charge is -2.21. The molecule has 104 valence electrons. The molecule has 0 saturated heterocycles. The Morgan fingerprint density at radius 2 is 2.00 bits per heavy atom. The number of aliphatic carboxylic acids is 1. The number of carbonyl (C=O) groups excluding carboxylic acids is 1. The maximum Gasteiger partial charge on any atom is 0.328 e. The number of carbonyl (C=O) groups is 2. The summed E-state index contributed by atoms with van der Waals surface area (Å²) in [4.78, 5) is 23.8. The number of hydrogen-bond donors (Lipinski definition) is 3. The summed E-state index contributed by atoms with van der Waals surface area (Å²) in [6.07, 6.45) is 0. The lowest BCUT2D eigenvalue weighted by Crippen LogP contribution is -2.48. The van der Waals surface area contributed by atoms with Gasteiger partial charge in [0.1, 0.15) is 0 Å². The number of rotatable bonds is 5. The maximum absolute atomic E-state index is 11.8. The fraction of sp³-hybridized carbons (Fsp3) is 0.385. The molecule has 3 N–H and O–H groups in total. The first-order valence-electron chi connectivity index (χ1n) is 5.85. The summed E-state index contributed by atoms with van der Waals surface area (Å²) >= 11 is 0. The Hall–Kier alpha value is -2.08. The van der Waals surface area contributed by atoms with Gasteiger partial charge in [-0.2, -0.15) is 0 Å². The van der Waals surface area contributed by atoms with Crippen molar-refractivity contribution < 1.29 is 19.8 Å². The summed E-state index contributed by atoms with van der Waals surface area (Å²) < 4.78 is 0. The molecule has 1 aromatic carbocycles. The number of aliphatic hydroxyl groups is 1. The first kappa shape index (κ1) is 15.0. The van der Waals surface area contributed by atoms with Crippen molar-refractivity contribution in [1.29, 1.82) is 0 Å². The monoisotopic (exact) mass is 266 g/mol. The summed E-state index contributed by atoms with van der Waals surface area (Å²) in [7, 11) is 1.57. The van der Waals surface area contributed by atoms with Crippen molar-refractivity contribution in [3.05, 3.63) is 35.4 Å². The third kappa shape index (κ3) is 4.26. The molecule has 0 saturated carbocycles. The van der Waals surface area contributed by atoms with E-state index < -0.39 is 24.6 Å². The standard InChI is InChI=1S/C13H18N2O4/c1-9-5-3-4-6-10(9)7-15(2)13(19)14-11(8-16)12(17)18/h3-6,11,16H,7-8H2,1-2H3,(H,14,19)(H,17,18)/t11-/m1/s1. The molecule has 0 unspecified atom stereocenters. The highest BCUT2D eigenvalue weighted by atomic mass is 16.4. The minimum Gasteiger partial charge on any atom is -0.480 e. The Morgan fingerprint density at radius 3 is 2.53 bits per heavy atom. The Balaban J connectivity index is 2.63. The molecule has 0 aliphatic rings. The molecule has 0 fully saturated rings. The largest absolute Gasteiger partial charge is 0.480 e. The number of nitrogens with one attached hydrogen (secondary N) is 1. The first-order chi connectivity index (χ1) is 8.95. The van der Waals surface area contributed by atoms with E-state index >= 15 is 0 Å². The Morgan fingerprint density at radius 1 is 1.37 bits per heavy atom. The second-order valence-corrected chi connectivity index (χ2v) is 4.31. The molecule has 0 heterocycles. The van der Waals surface area contributed by atoms with Gasteiger partial charge in [-0.05, 0) is 18.1 Å². The molecule has 0 aliphatic carbocycles. The van der Waals surface area contributed by atoms with Crippen molar-refractivity contribution in [3.8, 4) is 0 Å². The van der Waals surface area contributed by atoms with Gasteiger partial charge in [-0.15, -0.1) is 0 Å². The number of urea groups is 1. The van der Waals surface area contributed by atoms with Crippen molar-refractivity contribution in [2.24, 2.45) is 0 Å². The van der Waals surface area contributed by atoms with Gasteiger partial charge in [0.05, 0.1) is 6.61 Å². The van der Waals surface area contributed by atoms with Gasteiger partial charge >= 0.3 is 12.0 Å². The Labute approximate surface area is 111 Å². The smallest absolute Gasteiger partial charge is 0.328 e. The highest BCUT2D eigenvalue weighted by Crippen LogP contribution is 2.09. The molecule has 6 nitrogen and oxygen atoms in total. The van der Waals surface area contributed by atoms with Crippen LogP contribution < -0.4 is 5.32 Å². The predicted octanol–water partition coefficient (Wildman–Crippen LogP) is 0.582. The van der Waals surface area contributed by atoms with Crippen LogP contribution in [0, 0.1) is 6.92 Å². The summed E-state index contributed by atoms with van der Waals surface area (Å²) in [5, 5.41) is 19.8. The van der Waals surface area contributed by atoms with Gasteiger partial charge < -0.3 is 20.4 Å². The van der Waals surface area contributed by atoms with E-state index in [0.717, 1.165) is 11.1 Å². The van der Waals surface area contributed by atoms with Gasteiger partial charge in [-0.1, -0.05) is 24.3 Å². The summed E-state index contributed by atoms with van der Waals surface area (Å²) in [5.74, 6) is -1.26. The predicted molar refractivity (Wildman–Crippen MR) is 69.7 cm³/mol. The number of amides is 2. The van der Waals surface area contributed by atoms with Gasteiger partial charge in [0.2, 0.25) is 0 Å². The van der Waals surface area contributed by atoms with Crippen molar-refractivity contribution in [2.45, 2.75) is 19.5 Å². The van der Waals surface area contributed by atoms with Gasteiger partial charge in [0, 0.05) is 13.6 Å². The number of carboxylic acids is 1. The zero-order chi connectivity index (χ0) is 14.4. The minimum atomic E-state index is -1.29. The van der Waals surface area contributed by atoms with Crippen LogP contribution in [-0.4, -0.2) is 46.8 Å². The van der Waals surface area contributed by atoms with Gasteiger partial charge in [0.15, 0.2) is 6.04 Å². The van der Waals surface area contributed by atoms with E-state index in [1.54, 1.807) is 7.05 Å². The molecule has 0 aromatic heterocycles. The van der Waals surface area contributed by atoms with Crippen LogP contribution in [0.2, 0.25) is 0 Å². The maximum atomic E-state index is 11.8. The van der Waals surface area contributed by atoms with E-state index in [1.807, 2.05) is 31.2 Å². The molecule has 19 heavy (non-hydrogen) atoms. The number of nitrogens with zero attached hydrogens (tertiary/aromatic N) is 1. The fourth-order valence-electron chi connectivity index (χ4n) is 1.56. The molecule has 1 rings (SSSR count). The van der Waals surface area contributed by atoms with E-state index in [1.165, 1.54) is 4.90 Å². The number of benzene rings is 1. The van der Waals surface area contributed by atoms with Crippen LogP contribution in [0.4, 0.5) is 4.79 Å². The molecule has 0 bridgehead atoms. The van der Waals surface area contributed by atoms with Crippen molar-refractivity contribution in [2.75, 3.05) is 13.7 Å². The van der Waals surface area contributed by atoms with E-state index in [4.69, 9.17) is 10.2 Å². The molecule has 1 aromatic rings. The quantitative estimate of drug-likeness (QED) is 0.727. The van der Waals surface area contributed by atoms with Crippen molar-refractivity contribution in [1.82, 2.24) is 10.2 Å². The lowest BCUT2D eigenvalue weighted by atomic mass is 10.1. The van der Waals surface area contributed by atoms with Crippen LogP contribution in [0.5, 0.6) is 0 Å². The average molecular weight is 266 g/mol. The highest BCUT2D eigenvalue weighted by Gasteiger charge is 2.20. The first-order valence-corrected chi connectivity index (χ1v) is 5.85. The average Bonchev–Trinajstić information content (AvgIpc) is 2.37. The number of aryl methyl sites for hydroxylation is 1. The van der Waals surface area contributed by atoms with Gasteiger partial charge in [-0.3, -0.25) is 0 Å². The van der Waals surface area contributed by atoms with Crippen molar-refractivity contribution in [3.63, 3.8) is 0 Å². The van der Waals surface area contributed by atoms with E-state index in [2.05, 4.69) is 5.32 Å². The zero-order valence-electron chi connectivity index (χ0n) is 11.0. The number of carboxylic acid groups (broad SMARTS) is 1. The van der Waals surface area contributed by atoms with Crippen LogP contribution in [0.25, 0.3) is 0 Å². The van der Waals surface area contributed by atoms with Crippen LogP contribution in [0.3, 0.4) is 0 Å². The normalized spacial score (nSPS) is 11.7. The molecule has 0 radical (unpaired) electrons. The Kier molecular flexibility index (Phi) is 5.32. The molecule has 1 atom stereocenters. The molecule has 0 spiro atoms. The van der Waals surface area contributed by atoms with Crippen LogP contribution in [0.1, 0.15) is 11.1 Å². The molecule has 2 amide bonds. The second kappa shape index (κ2) is 6.75. The van der Waals surface area contributed by atoms with Crippen LogP contribution in [0.15, 0.2) is 24.3 Å². The minimum absolute atomic E-state index is 0.371. The molecular formula is C13H18N2O4. The summed E-state index contributed by atoms with van der Waals surface area (Å²) in [6.45, 7) is 1.67. The van der Waals surface area contributed by atoms with E-state index in [9.17, 15) is 9.59 Å². The highest BCUT2D eigenvalue weighted by molar-refractivity contribution is 5.82. The fourth-order valence-corrected chi connectivity index (χ4v) is 1.56. The van der Waals surface area contributed by atoms with Crippen LogP contribution in [-0.2, 0) is 11.3 Å². The van der Waals surface area contributed by atoms with Gasteiger partial charge in [-0.25, -0.2) is 9.59 Å².